The molecule has 0 radical (unpaired) electrons. The number of halogens is 1. The molecule has 1 aliphatic carbocycles. The van der Waals surface area contributed by atoms with Gasteiger partial charge in [0.1, 0.15) is 0 Å². The van der Waals surface area contributed by atoms with Crippen LogP contribution in [0.2, 0.25) is 0 Å². The van der Waals surface area contributed by atoms with Crippen molar-refractivity contribution in [2.75, 3.05) is 7.11 Å². The number of hydrogen-bond donors (Lipinski definition) is 1. The normalized spacial score (nSPS) is 26.2. The van der Waals surface area contributed by atoms with E-state index < -0.39 is 6.10 Å². The van der Waals surface area contributed by atoms with Gasteiger partial charge in [0.15, 0.2) is 5.76 Å². The summed E-state index contributed by atoms with van der Waals surface area (Å²) in [5.74, 6) is -0.521. The number of ether oxygens (including phenoxy) is 1. The van der Waals surface area contributed by atoms with Gasteiger partial charge in [0.05, 0.1) is 18.2 Å². The van der Waals surface area contributed by atoms with E-state index in [1.165, 1.54) is 18.3 Å². The Morgan fingerprint density at radius 3 is 2.50 bits per heavy atom. The Kier molecular flexibility index (Phi) is 7.37. The number of aliphatic hydroxyl groups is 1. The Hall–Kier alpha value is -1.06. The largest absolute Gasteiger partial charge is 0.492 e. The van der Waals surface area contributed by atoms with Crippen molar-refractivity contribution in [1.82, 2.24) is 0 Å². The van der Waals surface area contributed by atoms with Gasteiger partial charge in [-0.25, -0.2) is 0 Å². The van der Waals surface area contributed by atoms with Gasteiger partial charge in [-0.1, -0.05) is 41.8 Å². The van der Waals surface area contributed by atoms with E-state index in [9.17, 15) is 9.90 Å². The molecule has 0 fully saturated rings. The third-order valence-corrected chi connectivity index (χ3v) is 4.59. The van der Waals surface area contributed by atoms with E-state index in [4.69, 9.17) is 16.3 Å². The average molecular weight is 327 g/mol. The second-order valence-corrected chi connectivity index (χ2v) is 6.66. The second kappa shape index (κ2) is 8.54. The molecule has 1 aliphatic rings. The van der Waals surface area contributed by atoms with Crippen LogP contribution >= 0.6 is 11.6 Å². The van der Waals surface area contributed by atoms with Crippen molar-refractivity contribution >= 4 is 17.4 Å². The Morgan fingerprint density at radius 1 is 1.32 bits per heavy atom. The smallest absolute Gasteiger partial charge is 0.201 e. The van der Waals surface area contributed by atoms with Gasteiger partial charge < -0.3 is 9.84 Å². The summed E-state index contributed by atoms with van der Waals surface area (Å²) in [6, 6.07) is 0. The molecule has 3 unspecified atom stereocenters. The molecule has 4 heteroatoms. The Morgan fingerprint density at radius 2 is 1.95 bits per heavy atom. The fraction of sp³-hybridized carbons (Fsp3) is 0.611. The van der Waals surface area contributed by atoms with Gasteiger partial charge in [-0.15, -0.1) is 0 Å². The molecular formula is C18H27ClO3. The molecule has 0 bridgehead atoms. The highest BCUT2D eigenvalue weighted by Crippen LogP contribution is 2.36. The van der Waals surface area contributed by atoms with Crippen LogP contribution in [0, 0.1) is 11.8 Å². The number of aliphatic hydroxyl groups excluding tert-OH is 1. The molecule has 0 spiro atoms. The molecule has 1 rings (SSSR count). The van der Waals surface area contributed by atoms with Crippen LogP contribution in [0.15, 0.2) is 34.1 Å². The predicted molar refractivity (Wildman–Crippen MR) is 90.6 cm³/mol. The first-order valence-corrected chi connectivity index (χ1v) is 8.12. The van der Waals surface area contributed by atoms with E-state index in [-0.39, 0.29) is 28.4 Å². The number of hydrogen-bond acceptors (Lipinski definition) is 3. The van der Waals surface area contributed by atoms with Crippen LogP contribution in [-0.2, 0) is 9.53 Å². The number of allylic oxidation sites excluding steroid dienone is 5. The summed E-state index contributed by atoms with van der Waals surface area (Å²) < 4.78 is 5.02. The summed E-state index contributed by atoms with van der Waals surface area (Å²) >= 11 is 6.08. The summed E-state index contributed by atoms with van der Waals surface area (Å²) in [7, 11) is 1.41. The Bertz CT molecular complexity index is 498. The van der Waals surface area contributed by atoms with Gasteiger partial charge in [-0.3, -0.25) is 4.79 Å². The maximum atomic E-state index is 12.2. The van der Waals surface area contributed by atoms with Crippen LogP contribution in [-0.4, -0.2) is 24.1 Å². The molecule has 0 amide bonds. The molecule has 0 aliphatic heterocycles. The maximum absolute atomic E-state index is 12.2. The number of Topliss-reactive ketones (excluding diaryl/α,β-unsaturated/α-hetero) is 1. The van der Waals surface area contributed by atoms with Gasteiger partial charge in [0.25, 0.3) is 0 Å². The Balaban J connectivity index is 2.75. The van der Waals surface area contributed by atoms with Gasteiger partial charge >= 0.3 is 0 Å². The lowest BCUT2D eigenvalue weighted by Crippen LogP contribution is -2.38. The number of carbonyl (C=O) groups excluding carboxylic acids is 1. The monoisotopic (exact) mass is 326 g/mol. The fourth-order valence-corrected chi connectivity index (χ4v) is 3.01. The predicted octanol–water partition coefficient (Wildman–Crippen LogP) is 4.36. The Labute approximate surface area is 138 Å². The molecule has 22 heavy (non-hydrogen) atoms. The van der Waals surface area contributed by atoms with E-state index in [0.717, 1.165) is 12.8 Å². The van der Waals surface area contributed by atoms with Crippen molar-refractivity contribution in [2.24, 2.45) is 11.8 Å². The minimum atomic E-state index is -0.842. The fourth-order valence-electron chi connectivity index (χ4n) is 2.67. The standard InChI is InChI=1S/C18H27ClO3/c1-11(2)7-6-8-12(3)9-10-14-13(4)16(20)18(22-5)15(19)17(14)21/h7,9,13-14,17,21H,6,8,10H2,1-5H3. The molecule has 0 aromatic heterocycles. The van der Waals surface area contributed by atoms with Crippen LogP contribution in [0.25, 0.3) is 0 Å². The topological polar surface area (TPSA) is 46.5 Å². The number of carbonyl (C=O) groups is 1. The van der Waals surface area contributed by atoms with Crippen LogP contribution in [0.5, 0.6) is 0 Å². The van der Waals surface area contributed by atoms with Gasteiger partial charge in [0, 0.05) is 11.8 Å². The highest BCUT2D eigenvalue weighted by molar-refractivity contribution is 6.32. The second-order valence-electron chi connectivity index (χ2n) is 6.25. The van der Waals surface area contributed by atoms with E-state index >= 15 is 0 Å². The van der Waals surface area contributed by atoms with E-state index in [2.05, 4.69) is 32.9 Å². The van der Waals surface area contributed by atoms with Crippen molar-refractivity contribution in [3.8, 4) is 0 Å². The third kappa shape index (κ3) is 4.72. The molecule has 124 valence electrons. The van der Waals surface area contributed by atoms with Crippen molar-refractivity contribution in [3.63, 3.8) is 0 Å². The zero-order valence-electron chi connectivity index (χ0n) is 14.1. The van der Waals surface area contributed by atoms with Crippen molar-refractivity contribution in [2.45, 2.75) is 53.1 Å². The molecule has 3 nitrogen and oxygen atoms in total. The molecule has 0 saturated carbocycles. The minimum Gasteiger partial charge on any atom is -0.492 e. The van der Waals surface area contributed by atoms with E-state index in [1.54, 1.807) is 0 Å². The highest BCUT2D eigenvalue weighted by atomic mass is 35.5. The third-order valence-electron chi connectivity index (χ3n) is 4.20. The zero-order valence-corrected chi connectivity index (χ0v) is 14.9. The van der Waals surface area contributed by atoms with Crippen molar-refractivity contribution < 1.29 is 14.6 Å². The molecule has 3 atom stereocenters. The highest BCUT2D eigenvalue weighted by Gasteiger charge is 2.40. The lowest BCUT2D eigenvalue weighted by Gasteiger charge is -2.32. The first-order chi connectivity index (χ1) is 10.3. The summed E-state index contributed by atoms with van der Waals surface area (Å²) in [5, 5.41) is 10.5. The first-order valence-electron chi connectivity index (χ1n) is 7.74. The van der Waals surface area contributed by atoms with Crippen LogP contribution in [0.3, 0.4) is 0 Å². The van der Waals surface area contributed by atoms with Gasteiger partial charge in [0.2, 0.25) is 5.78 Å². The SMILES string of the molecule is COC1=C(Cl)C(O)C(CC=C(C)CCC=C(C)C)C(C)C1=O. The van der Waals surface area contributed by atoms with Gasteiger partial charge in [-0.05, 0) is 40.0 Å². The number of ketones is 1. The maximum Gasteiger partial charge on any atom is 0.201 e. The molecule has 0 aromatic rings. The zero-order chi connectivity index (χ0) is 16.9. The summed E-state index contributed by atoms with van der Waals surface area (Å²) in [6.45, 7) is 8.09. The van der Waals surface area contributed by atoms with Crippen LogP contribution in [0.4, 0.5) is 0 Å². The first kappa shape index (κ1) is 19.0. The van der Waals surface area contributed by atoms with Gasteiger partial charge in [-0.2, -0.15) is 0 Å². The van der Waals surface area contributed by atoms with Crippen molar-refractivity contribution in [1.29, 1.82) is 0 Å². The number of methoxy groups -OCH3 is 1. The van der Waals surface area contributed by atoms with E-state index in [0.29, 0.717) is 6.42 Å². The molecule has 0 heterocycles. The lowest BCUT2D eigenvalue weighted by molar-refractivity contribution is -0.126. The lowest BCUT2D eigenvalue weighted by atomic mass is 9.78. The average Bonchev–Trinajstić information content (AvgIpc) is 2.45. The molecule has 0 saturated heterocycles. The quantitative estimate of drug-likeness (QED) is 0.737. The molecular weight excluding hydrogens is 300 g/mol. The summed E-state index contributed by atoms with van der Waals surface area (Å²) in [6.07, 6.45) is 6.12. The molecule has 1 N–H and O–H groups in total. The van der Waals surface area contributed by atoms with E-state index in [1.807, 2.05) is 6.92 Å². The van der Waals surface area contributed by atoms with Crippen LogP contribution in [0.1, 0.15) is 47.0 Å². The van der Waals surface area contributed by atoms with Crippen LogP contribution < -0.4 is 0 Å². The summed E-state index contributed by atoms with van der Waals surface area (Å²) in [4.78, 5) is 12.2. The van der Waals surface area contributed by atoms with Crippen molar-refractivity contribution in [3.05, 3.63) is 34.1 Å². The minimum absolute atomic E-state index is 0.0992. The molecule has 0 aromatic carbocycles. The summed E-state index contributed by atoms with van der Waals surface area (Å²) in [5.41, 5.74) is 2.58. The number of rotatable bonds is 6.